The third kappa shape index (κ3) is 7.28. The summed E-state index contributed by atoms with van der Waals surface area (Å²) >= 11 is 12.9. The minimum Gasteiger partial charge on any atom is -0.478 e. The van der Waals surface area contributed by atoms with Crippen LogP contribution in [0.1, 0.15) is 80.1 Å². The average molecular weight is 653 g/mol. The van der Waals surface area contributed by atoms with Gasteiger partial charge in [-0.25, -0.2) is 19.2 Å². The molecular formula is C31H22Cl2N2O10. The Balaban J connectivity index is 1.57. The number of amides is 1. The fourth-order valence-corrected chi connectivity index (χ4v) is 5.16. The molecule has 0 radical (unpaired) electrons. The second kappa shape index (κ2) is 13.6. The Hall–Kier alpha value is -5.27. The van der Waals surface area contributed by atoms with Crippen molar-refractivity contribution in [2.75, 3.05) is 5.32 Å². The first kappa shape index (κ1) is 32.6. The first-order valence-electron chi connectivity index (χ1n) is 12.8. The van der Waals surface area contributed by atoms with Crippen molar-refractivity contribution in [3.8, 4) is 0 Å². The molecule has 45 heavy (non-hydrogen) atoms. The highest BCUT2D eigenvalue weighted by molar-refractivity contribution is 6.34. The van der Waals surface area contributed by atoms with Crippen molar-refractivity contribution in [3.05, 3.63) is 133 Å². The van der Waals surface area contributed by atoms with E-state index >= 15 is 0 Å². The highest BCUT2D eigenvalue weighted by Crippen LogP contribution is 2.33. The largest absolute Gasteiger partial charge is 0.478 e. The molecule has 0 saturated carbocycles. The summed E-state index contributed by atoms with van der Waals surface area (Å²) in [6, 6.07) is 14.8. The Kier molecular flexibility index (Phi) is 9.85. The number of benzene rings is 4. The average Bonchev–Trinajstić information content (AvgIpc) is 2.99. The van der Waals surface area contributed by atoms with Crippen molar-refractivity contribution in [2.24, 2.45) is 0 Å². The number of rotatable bonds is 11. The van der Waals surface area contributed by atoms with Crippen molar-refractivity contribution < 1.29 is 49.6 Å². The van der Waals surface area contributed by atoms with Crippen LogP contribution in [0.5, 0.6) is 0 Å². The third-order valence-corrected chi connectivity index (χ3v) is 7.42. The summed E-state index contributed by atoms with van der Waals surface area (Å²) in [5, 5.41) is 50.3. The van der Waals surface area contributed by atoms with Crippen molar-refractivity contribution in [1.82, 2.24) is 5.48 Å². The molecule has 0 aliphatic carbocycles. The van der Waals surface area contributed by atoms with Crippen molar-refractivity contribution in [1.29, 1.82) is 0 Å². The molecular weight excluding hydrogens is 631 g/mol. The molecule has 230 valence electrons. The second-order valence-electron chi connectivity index (χ2n) is 9.65. The lowest BCUT2D eigenvalue weighted by molar-refractivity contribution is 0.0677. The highest BCUT2D eigenvalue weighted by Gasteiger charge is 2.24. The van der Waals surface area contributed by atoms with Crippen LogP contribution in [0.15, 0.2) is 72.8 Å². The monoisotopic (exact) mass is 652 g/mol. The molecule has 0 aliphatic heterocycles. The zero-order valence-electron chi connectivity index (χ0n) is 22.7. The molecule has 0 fully saturated rings. The molecule has 7 N–H and O–H groups in total. The molecule has 0 aliphatic rings. The van der Waals surface area contributed by atoms with E-state index in [1.807, 2.05) is 5.48 Å². The van der Waals surface area contributed by atoms with E-state index in [-0.39, 0.29) is 49.1 Å². The number of anilines is 1. The van der Waals surface area contributed by atoms with Gasteiger partial charge < -0.3 is 31.0 Å². The quantitative estimate of drug-likeness (QED) is 0.0977. The Morgan fingerprint density at radius 1 is 0.600 bits per heavy atom. The van der Waals surface area contributed by atoms with Gasteiger partial charge in [0.1, 0.15) is 0 Å². The van der Waals surface area contributed by atoms with Crippen LogP contribution in [-0.4, -0.2) is 55.4 Å². The number of carbonyl (C=O) groups excluding carboxylic acids is 1. The van der Waals surface area contributed by atoms with E-state index in [1.165, 1.54) is 6.07 Å². The fraction of sp³-hybridized carbons (Fsp3) is 0.0645. The molecule has 4 aromatic carbocycles. The molecule has 0 saturated heterocycles. The van der Waals surface area contributed by atoms with Gasteiger partial charge in [0, 0.05) is 5.02 Å². The molecule has 4 aromatic rings. The van der Waals surface area contributed by atoms with Gasteiger partial charge in [-0.2, -0.15) is 5.48 Å². The zero-order valence-corrected chi connectivity index (χ0v) is 24.3. The lowest BCUT2D eigenvalue weighted by atomic mass is 9.92. The zero-order chi connectivity index (χ0) is 33.0. The molecule has 12 nitrogen and oxygen atoms in total. The fourth-order valence-electron chi connectivity index (χ4n) is 4.60. The van der Waals surface area contributed by atoms with Crippen LogP contribution in [0.3, 0.4) is 0 Å². The number of carbonyl (C=O) groups is 5. The SMILES string of the molecule is O=C(O)c1ccc(C(=O)O)c(C(=O)Nc2ccc(Cc3ccc(C(NO)c4cc(C(=O)O)ccc4C(=O)O)c(Cl)c3)cc2Cl)c1. The predicted molar refractivity (Wildman–Crippen MR) is 161 cm³/mol. The summed E-state index contributed by atoms with van der Waals surface area (Å²) in [5.74, 6) is -6.24. The normalized spacial score (nSPS) is 11.4. The Bertz CT molecular complexity index is 1880. The van der Waals surface area contributed by atoms with E-state index in [4.69, 9.17) is 23.2 Å². The smallest absolute Gasteiger partial charge is 0.336 e. The van der Waals surface area contributed by atoms with Gasteiger partial charge in [-0.3, -0.25) is 4.79 Å². The van der Waals surface area contributed by atoms with E-state index in [2.05, 4.69) is 5.32 Å². The van der Waals surface area contributed by atoms with E-state index < -0.39 is 41.4 Å². The maximum atomic E-state index is 12.9. The van der Waals surface area contributed by atoms with Crippen molar-refractivity contribution in [3.63, 3.8) is 0 Å². The van der Waals surface area contributed by atoms with E-state index in [1.54, 1.807) is 30.3 Å². The van der Waals surface area contributed by atoms with Crippen molar-refractivity contribution >= 4 is 58.7 Å². The number of hydrogen-bond donors (Lipinski definition) is 7. The molecule has 4 rings (SSSR count). The molecule has 1 amide bonds. The summed E-state index contributed by atoms with van der Waals surface area (Å²) in [6.07, 6.45) is 0.295. The maximum Gasteiger partial charge on any atom is 0.336 e. The lowest BCUT2D eigenvalue weighted by Gasteiger charge is -2.20. The summed E-state index contributed by atoms with van der Waals surface area (Å²) in [5.41, 5.74) is 2.33. The van der Waals surface area contributed by atoms with Gasteiger partial charge in [0.15, 0.2) is 0 Å². The molecule has 1 atom stereocenters. The van der Waals surface area contributed by atoms with Gasteiger partial charge in [0.25, 0.3) is 5.91 Å². The van der Waals surface area contributed by atoms with Gasteiger partial charge >= 0.3 is 23.9 Å². The lowest BCUT2D eigenvalue weighted by Crippen LogP contribution is -2.22. The number of nitrogens with one attached hydrogen (secondary N) is 2. The first-order valence-corrected chi connectivity index (χ1v) is 13.5. The first-order chi connectivity index (χ1) is 21.3. The van der Waals surface area contributed by atoms with E-state index in [9.17, 15) is 49.6 Å². The highest BCUT2D eigenvalue weighted by atomic mass is 35.5. The van der Waals surface area contributed by atoms with Crippen LogP contribution in [0.4, 0.5) is 5.69 Å². The predicted octanol–water partition coefficient (Wildman–Crippen LogP) is 5.70. The minimum atomic E-state index is -1.42. The number of aromatic carboxylic acids is 4. The number of hydroxylamine groups is 1. The van der Waals surface area contributed by atoms with E-state index in [0.717, 1.165) is 36.4 Å². The topological polar surface area (TPSA) is 211 Å². The van der Waals surface area contributed by atoms with Crippen molar-refractivity contribution in [2.45, 2.75) is 12.5 Å². The maximum absolute atomic E-state index is 12.9. The van der Waals surface area contributed by atoms with Crippen LogP contribution in [0.25, 0.3) is 0 Å². The van der Waals surface area contributed by atoms with Crippen LogP contribution < -0.4 is 10.8 Å². The van der Waals surface area contributed by atoms with Gasteiger partial charge in [0.05, 0.1) is 44.6 Å². The van der Waals surface area contributed by atoms with Crippen LogP contribution in [0.2, 0.25) is 10.0 Å². The van der Waals surface area contributed by atoms with Gasteiger partial charge in [-0.1, -0.05) is 41.4 Å². The molecule has 0 aromatic heterocycles. The van der Waals surface area contributed by atoms with Gasteiger partial charge in [-0.05, 0) is 83.3 Å². The Morgan fingerprint density at radius 3 is 1.69 bits per heavy atom. The van der Waals surface area contributed by atoms with Crippen LogP contribution >= 0.6 is 23.2 Å². The summed E-state index contributed by atoms with van der Waals surface area (Å²) < 4.78 is 0. The molecule has 14 heteroatoms. The third-order valence-electron chi connectivity index (χ3n) is 6.78. The van der Waals surface area contributed by atoms with Crippen LogP contribution in [-0.2, 0) is 6.42 Å². The van der Waals surface area contributed by atoms with Crippen LogP contribution in [0, 0.1) is 0 Å². The Labute approximate surface area is 264 Å². The van der Waals surface area contributed by atoms with Gasteiger partial charge in [0.2, 0.25) is 0 Å². The summed E-state index contributed by atoms with van der Waals surface area (Å²) in [6.45, 7) is 0. The molecule has 0 bridgehead atoms. The molecule has 1 unspecified atom stereocenters. The minimum absolute atomic E-state index is 0.0193. The number of carboxylic acids is 4. The van der Waals surface area contributed by atoms with E-state index in [0.29, 0.717) is 17.5 Å². The molecule has 0 heterocycles. The standard InChI is InChI=1S/C31H22Cl2N2O10/c32-23-10-14(1-5-20(23)26(35-45)21-12-16(28(37)38)3-6-18(21)30(41)42)9-15-2-8-25(24(33)11-15)34-27(36)22-13-17(29(39)40)4-7-19(22)31(43)44/h1-8,10-13,26,35,45H,9H2,(H,34,36)(H,37,38)(H,39,40)(H,41,42)(H,43,44). The summed E-state index contributed by atoms with van der Waals surface area (Å²) in [7, 11) is 0. The van der Waals surface area contributed by atoms with Gasteiger partial charge in [-0.15, -0.1) is 0 Å². The Morgan fingerprint density at radius 2 is 1.16 bits per heavy atom. The number of hydrogen-bond acceptors (Lipinski definition) is 7. The summed E-state index contributed by atoms with van der Waals surface area (Å²) in [4.78, 5) is 59.0. The second-order valence-corrected chi connectivity index (χ2v) is 10.5. The number of halogens is 2. The molecule has 0 spiro atoms. The number of carboxylic acid groups (broad SMARTS) is 4.